The van der Waals surface area contributed by atoms with Crippen LogP contribution >= 0.6 is 47.1 Å². The van der Waals surface area contributed by atoms with E-state index in [2.05, 4.69) is 56.6 Å². The highest BCUT2D eigenvalue weighted by atomic mass is 127. The van der Waals surface area contributed by atoms with Gasteiger partial charge in [0.1, 0.15) is 12.4 Å². The molecule has 1 saturated heterocycles. The smallest absolute Gasteiger partial charge is 0.194 e. The highest BCUT2D eigenvalue weighted by molar-refractivity contribution is 14.0. The van der Waals surface area contributed by atoms with Crippen molar-refractivity contribution in [3.63, 3.8) is 0 Å². The summed E-state index contributed by atoms with van der Waals surface area (Å²) in [7, 11) is 1.99. The third-order valence-electron chi connectivity index (χ3n) is 4.45. The molecule has 0 aliphatic carbocycles. The lowest BCUT2D eigenvalue weighted by molar-refractivity contribution is 0.406. The molecule has 0 amide bonds. The fourth-order valence-electron chi connectivity index (χ4n) is 2.74. The van der Waals surface area contributed by atoms with E-state index >= 15 is 0 Å². The van der Waals surface area contributed by atoms with E-state index in [4.69, 9.17) is 4.99 Å². The molecule has 26 heavy (non-hydrogen) atoms. The van der Waals surface area contributed by atoms with Crippen LogP contribution in [-0.4, -0.2) is 49.7 Å². The van der Waals surface area contributed by atoms with Gasteiger partial charge in [0.2, 0.25) is 0 Å². The van der Waals surface area contributed by atoms with Gasteiger partial charge in [0.25, 0.3) is 0 Å². The maximum absolute atomic E-state index is 4.86. The molecule has 2 aromatic rings. The molecule has 1 N–H and O–H groups in total. The van der Waals surface area contributed by atoms with Crippen molar-refractivity contribution in [1.29, 1.82) is 0 Å². The summed E-state index contributed by atoms with van der Waals surface area (Å²) in [6.45, 7) is 7.67. The van der Waals surface area contributed by atoms with Crippen LogP contribution in [0.2, 0.25) is 0 Å². The standard InChI is InChI=1S/C17H26N6S2.HI/c1-4-14-12-23(7-9-25-14)17(18-10-15-6-5-8-24-15)19-11-16-21-20-13(2)22(16)3;/h5-6,8,14H,4,7,9-12H2,1-3H3,(H,18,19);1H. The second kappa shape index (κ2) is 10.5. The molecule has 0 aromatic carbocycles. The first-order chi connectivity index (χ1) is 12.2. The van der Waals surface area contributed by atoms with Gasteiger partial charge in [0.05, 0.1) is 6.54 Å². The van der Waals surface area contributed by atoms with Crippen LogP contribution in [0.5, 0.6) is 0 Å². The van der Waals surface area contributed by atoms with Crippen LogP contribution < -0.4 is 5.32 Å². The number of aromatic nitrogens is 3. The molecule has 1 atom stereocenters. The van der Waals surface area contributed by atoms with E-state index in [0.29, 0.717) is 11.8 Å². The molecule has 6 nitrogen and oxygen atoms in total. The predicted octanol–water partition coefficient (Wildman–Crippen LogP) is 3.28. The molecular formula is C17H27IN6S2. The molecule has 0 bridgehead atoms. The third kappa shape index (κ3) is 5.59. The number of hydrogen-bond acceptors (Lipinski definition) is 5. The molecule has 2 aromatic heterocycles. The van der Waals surface area contributed by atoms with Gasteiger partial charge in [0, 0.05) is 36.0 Å². The van der Waals surface area contributed by atoms with Gasteiger partial charge >= 0.3 is 0 Å². The van der Waals surface area contributed by atoms with Crippen molar-refractivity contribution in [1.82, 2.24) is 25.0 Å². The van der Waals surface area contributed by atoms with E-state index in [0.717, 1.165) is 43.0 Å². The van der Waals surface area contributed by atoms with Gasteiger partial charge in [-0.25, -0.2) is 4.99 Å². The molecule has 1 unspecified atom stereocenters. The van der Waals surface area contributed by atoms with E-state index in [1.165, 1.54) is 11.3 Å². The van der Waals surface area contributed by atoms with Gasteiger partial charge in [-0.15, -0.1) is 45.5 Å². The number of thiophene rings is 1. The highest BCUT2D eigenvalue weighted by Gasteiger charge is 2.22. The molecule has 1 aliphatic rings. The first kappa shape index (κ1) is 21.5. The van der Waals surface area contributed by atoms with Gasteiger partial charge in [-0.3, -0.25) is 0 Å². The Hall–Kier alpha value is -0.810. The summed E-state index contributed by atoms with van der Waals surface area (Å²) in [6, 6.07) is 4.24. The summed E-state index contributed by atoms with van der Waals surface area (Å²) in [5.41, 5.74) is 0. The van der Waals surface area contributed by atoms with Gasteiger partial charge in [0.15, 0.2) is 11.8 Å². The Morgan fingerprint density at radius 1 is 1.42 bits per heavy atom. The largest absolute Gasteiger partial charge is 0.351 e. The van der Waals surface area contributed by atoms with Gasteiger partial charge < -0.3 is 14.8 Å². The summed E-state index contributed by atoms with van der Waals surface area (Å²) in [4.78, 5) is 8.57. The third-order valence-corrected chi connectivity index (χ3v) is 6.70. The Balaban J connectivity index is 0.00000243. The number of rotatable bonds is 5. The van der Waals surface area contributed by atoms with Crippen LogP contribution in [0.1, 0.15) is 29.9 Å². The van der Waals surface area contributed by atoms with E-state index in [-0.39, 0.29) is 24.0 Å². The number of guanidine groups is 1. The first-order valence-corrected chi connectivity index (χ1v) is 10.6. The Labute approximate surface area is 180 Å². The van der Waals surface area contributed by atoms with Crippen molar-refractivity contribution in [2.24, 2.45) is 12.0 Å². The lowest BCUT2D eigenvalue weighted by Crippen LogP contribution is -2.47. The molecule has 144 valence electrons. The monoisotopic (exact) mass is 506 g/mol. The number of nitrogens with zero attached hydrogens (tertiary/aromatic N) is 5. The molecule has 1 aliphatic heterocycles. The zero-order valence-electron chi connectivity index (χ0n) is 15.5. The van der Waals surface area contributed by atoms with Crippen molar-refractivity contribution >= 4 is 53.0 Å². The lowest BCUT2D eigenvalue weighted by Gasteiger charge is -2.34. The summed E-state index contributed by atoms with van der Waals surface area (Å²) >= 11 is 3.84. The lowest BCUT2D eigenvalue weighted by atomic mass is 10.3. The van der Waals surface area contributed by atoms with E-state index in [1.54, 1.807) is 11.3 Å². The van der Waals surface area contributed by atoms with Gasteiger partial charge in [-0.05, 0) is 24.8 Å². The molecule has 3 heterocycles. The average molecular weight is 506 g/mol. The number of halogens is 1. The van der Waals surface area contributed by atoms with E-state index in [1.807, 2.05) is 18.5 Å². The molecule has 1 fully saturated rings. The SMILES string of the molecule is CCC1CN(C(=NCc2nnc(C)n2C)NCc2cccs2)CCS1.I. The van der Waals surface area contributed by atoms with Crippen LogP contribution in [0, 0.1) is 6.92 Å². The minimum atomic E-state index is 0. The minimum Gasteiger partial charge on any atom is -0.351 e. The van der Waals surface area contributed by atoms with Crippen LogP contribution in [0.25, 0.3) is 0 Å². The minimum absolute atomic E-state index is 0. The van der Waals surface area contributed by atoms with Crippen LogP contribution in [0.3, 0.4) is 0 Å². The maximum Gasteiger partial charge on any atom is 0.194 e. The fraction of sp³-hybridized carbons (Fsp3) is 0.588. The number of aryl methyl sites for hydroxylation is 1. The summed E-state index contributed by atoms with van der Waals surface area (Å²) < 4.78 is 2.00. The predicted molar refractivity (Wildman–Crippen MR) is 122 cm³/mol. The molecule has 3 rings (SSSR count). The van der Waals surface area contributed by atoms with Crippen LogP contribution in [0.4, 0.5) is 0 Å². The summed E-state index contributed by atoms with van der Waals surface area (Å²) in [6.07, 6.45) is 1.20. The van der Waals surface area contributed by atoms with E-state index in [9.17, 15) is 0 Å². The Morgan fingerprint density at radius 3 is 2.92 bits per heavy atom. The second-order valence-electron chi connectivity index (χ2n) is 6.14. The quantitative estimate of drug-likeness (QED) is 0.383. The Morgan fingerprint density at radius 2 is 2.27 bits per heavy atom. The van der Waals surface area contributed by atoms with Gasteiger partial charge in [-0.1, -0.05) is 13.0 Å². The number of thioether (sulfide) groups is 1. The van der Waals surface area contributed by atoms with Crippen molar-refractivity contribution in [2.45, 2.75) is 38.6 Å². The zero-order chi connectivity index (χ0) is 17.6. The normalized spacial score (nSPS) is 17.9. The molecular weight excluding hydrogens is 479 g/mol. The Kier molecular flexibility index (Phi) is 8.68. The second-order valence-corrected chi connectivity index (χ2v) is 8.58. The van der Waals surface area contributed by atoms with Crippen molar-refractivity contribution < 1.29 is 0 Å². The zero-order valence-corrected chi connectivity index (χ0v) is 19.5. The number of aliphatic imine (C=N–C) groups is 1. The van der Waals surface area contributed by atoms with Crippen molar-refractivity contribution in [3.05, 3.63) is 34.0 Å². The maximum atomic E-state index is 4.86. The topological polar surface area (TPSA) is 58.3 Å². The number of nitrogens with one attached hydrogen (secondary N) is 1. The molecule has 0 radical (unpaired) electrons. The first-order valence-electron chi connectivity index (χ1n) is 8.69. The Bertz CT molecular complexity index is 700. The molecule has 0 saturated carbocycles. The summed E-state index contributed by atoms with van der Waals surface area (Å²) in [5, 5.41) is 14.7. The van der Waals surface area contributed by atoms with Crippen molar-refractivity contribution in [3.8, 4) is 0 Å². The number of hydrogen-bond donors (Lipinski definition) is 1. The average Bonchev–Trinajstić information content (AvgIpc) is 3.27. The molecule has 0 spiro atoms. The van der Waals surface area contributed by atoms with Gasteiger partial charge in [-0.2, -0.15) is 11.8 Å². The van der Waals surface area contributed by atoms with Crippen LogP contribution in [-0.2, 0) is 20.1 Å². The summed E-state index contributed by atoms with van der Waals surface area (Å²) in [5.74, 6) is 3.94. The highest BCUT2D eigenvalue weighted by Crippen LogP contribution is 2.21. The fourth-order valence-corrected chi connectivity index (χ4v) is 4.56. The van der Waals surface area contributed by atoms with Crippen LogP contribution in [0.15, 0.2) is 22.5 Å². The van der Waals surface area contributed by atoms with E-state index < -0.39 is 0 Å². The molecule has 9 heteroatoms. The van der Waals surface area contributed by atoms with Crippen molar-refractivity contribution in [2.75, 3.05) is 18.8 Å².